The van der Waals surface area contributed by atoms with E-state index in [0.29, 0.717) is 13.0 Å². The summed E-state index contributed by atoms with van der Waals surface area (Å²) in [7, 11) is 0. The summed E-state index contributed by atoms with van der Waals surface area (Å²) < 4.78 is 4.11. The fraction of sp³-hybridized carbons (Fsp3) is 0.235. The van der Waals surface area contributed by atoms with Crippen LogP contribution in [0.3, 0.4) is 0 Å². The maximum atomic E-state index is 12.7. The van der Waals surface area contributed by atoms with E-state index in [1.54, 1.807) is 18.5 Å². The van der Waals surface area contributed by atoms with Gasteiger partial charge in [0.15, 0.2) is 0 Å². The number of rotatable bonds is 4. The number of allylic oxidation sites excluding steroid dienone is 1. The molecular weight excluding hydrogens is 292 g/mol. The first-order valence-corrected chi connectivity index (χ1v) is 7.43. The summed E-state index contributed by atoms with van der Waals surface area (Å²) >= 11 is 0. The van der Waals surface area contributed by atoms with Gasteiger partial charge in [-0.3, -0.25) is 9.36 Å². The number of hydrogen-bond donors (Lipinski definition) is 0. The fourth-order valence-corrected chi connectivity index (χ4v) is 2.55. The molecule has 0 N–H and O–H groups in total. The van der Waals surface area contributed by atoms with Gasteiger partial charge in [-0.05, 0) is 37.5 Å². The van der Waals surface area contributed by atoms with E-state index in [1.807, 2.05) is 32.0 Å². The molecule has 2 aromatic heterocycles. The molecule has 0 spiro atoms. The highest BCUT2D eigenvalue weighted by atomic mass is 16.2. The first kappa shape index (κ1) is 15.0. The summed E-state index contributed by atoms with van der Waals surface area (Å²) in [6.07, 6.45) is 5.52. The van der Waals surface area contributed by atoms with Crippen molar-refractivity contribution in [3.05, 3.63) is 75.2 Å². The molecule has 0 saturated carbocycles. The standard InChI is InChI=1S/C17H18N4O2/c1-4-5-9-21-17(23)20-11-10-19(16(22)15(20)18-21)14-8-6-7-12(2)13(14)3/h4,6-8,10-11H,1,5,9H2,2-3H3. The lowest BCUT2D eigenvalue weighted by Gasteiger charge is -2.10. The molecular formula is C17H18N4O2. The van der Waals surface area contributed by atoms with E-state index >= 15 is 0 Å². The molecule has 0 radical (unpaired) electrons. The Morgan fingerprint density at radius 2 is 2.00 bits per heavy atom. The van der Waals surface area contributed by atoms with E-state index in [1.165, 1.54) is 13.6 Å². The zero-order valence-electron chi connectivity index (χ0n) is 13.2. The van der Waals surface area contributed by atoms with E-state index in [9.17, 15) is 9.59 Å². The lowest BCUT2D eigenvalue weighted by molar-refractivity contribution is 0.601. The van der Waals surface area contributed by atoms with E-state index in [0.717, 1.165) is 16.8 Å². The molecule has 0 fully saturated rings. The van der Waals surface area contributed by atoms with E-state index in [-0.39, 0.29) is 16.9 Å². The van der Waals surface area contributed by atoms with Gasteiger partial charge in [-0.25, -0.2) is 13.9 Å². The Hall–Kier alpha value is -2.89. The van der Waals surface area contributed by atoms with Gasteiger partial charge in [0.25, 0.3) is 0 Å². The van der Waals surface area contributed by atoms with Gasteiger partial charge in [-0.2, -0.15) is 0 Å². The molecule has 6 nitrogen and oxygen atoms in total. The van der Waals surface area contributed by atoms with Crippen LogP contribution in [0.5, 0.6) is 0 Å². The van der Waals surface area contributed by atoms with Crippen LogP contribution in [0.1, 0.15) is 17.5 Å². The molecule has 6 heteroatoms. The van der Waals surface area contributed by atoms with Crippen LogP contribution in [0.15, 0.2) is 52.8 Å². The highest BCUT2D eigenvalue weighted by Crippen LogP contribution is 2.15. The molecule has 0 amide bonds. The third kappa shape index (κ3) is 2.42. The number of aromatic nitrogens is 4. The Kier molecular flexibility index (Phi) is 3.73. The number of benzene rings is 1. The van der Waals surface area contributed by atoms with Crippen molar-refractivity contribution in [1.29, 1.82) is 0 Å². The summed E-state index contributed by atoms with van der Waals surface area (Å²) in [6, 6.07) is 5.78. The Labute approximate surface area is 132 Å². The monoisotopic (exact) mass is 310 g/mol. The Balaban J connectivity index is 2.24. The van der Waals surface area contributed by atoms with E-state index in [4.69, 9.17) is 0 Å². The van der Waals surface area contributed by atoms with Crippen molar-refractivity contribution < 1.29 is 0 Å². The molecule has 0 unspecified atom stereocenters. The second kappa shape index (κ2) is 5.72. The van der Waals surface area contributed by atoms with Crippen molar-refractivity contribution in [3.8, 4) is 5.69 Å². The second-order valence-corrected chi connectivity index (χ2v) is 5.47. The Bertz CT molecular complexity index is 1010. The summed E-state index contributed by atoms with van der Waals surface area (Å²) in [5.74, 6) is 0. The van der Waals surface area contributed by atoms with E-state index < -0.39 is 0 Å². The number of nitrogens with zero attached hydrogens (tertiary/aromatic N) is 4. The normalized spacial score (nSPS) is 11.0. The largest absolute Gasteiger partial charge is 0.350 e. The van der Waals surface area contributed by atoms with Gasteiger partial charge < -0.3 is 0 Å². The summed E-state index contributed by atoms with van der Waals surface area (Å²) in [5.41, 5.74) is 2.42. The maximum Gasteiger partial charge on any atom is 0.350 e. The smallest absolute Gasteiger partial charge is 0.279 e. The predicted octanol–water partition coefficient (Wildman–Crippen LogP) is 1.84. The molecule has 0 saturated heterocycles. The Morgan fingerprint density at radius 1 is 1.22 bits per heavy atom. The Morgan fingerprint density at radius 3 is 2.74 bits per heavy atom. The van der Waals surface area contributed by atoms with Gasteiger partial charge in [0.2, 0.25) is 5.65 Å². The lowest BCUT2D eigenvalue weighted by Crippen LogP contribution is -2.24. The van der Waals surface area contributed by atoms with Crippen molar-refractivity contribution in [1.82, 2.24) is 18.7 Å². The fourth-order valence-electron chi connectivity index (χ4n) is 2.55. The average Bonchev–Trinajstić information content (AvgIpc) is 2.86. The minimum Gasteiger partial charge on any atom is -0.279 e. The lowest BCUT2D eigenvalue weighted by atomic mass is 10.1. The van der Waals surface area contributed by atoms with Crippen LogP contribution in [0, 0.1) is 13.8 Å². The molecule has 0 atom stereocenters. The average molecular weight is 310 g/mol. The quantitative estimate of drug-likeness (QED) is 0.691. The molecule has 0 aliphatic heterocycles. The van der Waals surface area contributed by atoms with Gasteiger partial charge in [0, 0.05) is 18.9 Å². The highest BCUT2D eigenvalue weighted by Gasteiger charge is 2.13. The van der Waals surface area contributed by atoms with Gasteiger partial charge in [0.05, 0.1) is 5.69 Å². The van der Waals surface area contributed by atoms with Crippen LogP contribution in [-0.2, 0) is 6.54 Å². The van der Waals surface area contributed by atoms with Crippen molar-refractivity contribution in [2.75, 3.05) is 0 Å². The molecule has 118 valence electrons. The van der Waals surface area contributed by atoms with Crippen LogP contribution in [0.4, 0.5) is 0 Å². The third-order valence-corrected chi connectivity index (χ3v) is 4.03. The van der Waals surface area contributed by atoms with Gasteiger partial charge in [-0.15, -0.1) is 11.7 Å². The molecule has 1 aromatic carbocycles. The number of hydrogen-bond acceptors (Lipinski definition) is 3. The molecule has 23 heavy (non-hydrogen) atoms. The van der Waals surface area contributed by atoms with Gasteiger partial charge >= 0.3 is 11.2 Å². The molecule has 3 rings (SSSR count). The van der Waals surface area contributed by atoms with Crippen LogP contribution in [0.2, 0.25) is 0 Å². The molecule has 0 bridgehead atoms. The van der Waals surface area contributed by atoms with Gasteiger partial charge in [0.1, 0.15) is 0 Å². The van der Waals surface area contributed by atoms with Gasteiger partial charge in [-0.1, -0.05) is 18.2 Å². The molecule has 0 aliphatic carbocycles. The minimum absolute atomic E-state index is 0.127. The topological polar surface area (TPSA) is 61.3 Å². The van der Waals surface area contributed by atoms with Crippen LogP contribution in [-0.4, -0.2) is 18.7 Å². The second-order valence-electron chi connectivity index (χ2n) is 5.47. The van der Waals surface area contributed by atoms with Crippen molar-refractivity contribution in [2.45, 2.75) is 26.8 Å². The molecule has 0 aliphatic rings. The first-order chi connectivity index (χ1) is 11.0. The molecule has 3 aromatic rings. The SMILES string of the molecule is C=CCCn1nc2c(=O)n(-c3cccc(C)c3C)ccn2c1=O. The van der Waals surface area contributed by atoms with Crippen molar-refractivity contribution in [3.63, 3.8) is 0 Å². The maximum absolute atomic E-state index is 12.7. The summed E-state index contributed by atoms with van der Waals surface area (Å²) in [5, 5.41) is 4.17. The van der Waals surface area contributed by atoms with Crippen LogP contribution < -0.4 is 11.2 Å². The summed E-state index contributed by atoms with van der Waals surface area (Å²) in [4.78, 5) is 25.0. The number of fused-ring (bicyclic) bond motifs is 1. The zero-order chi connectivity index (χ0) is 16.6. The van der Waals surface area contributed by atoms with Crippen molar-refractivity contribution >= 4 is 5.65 Å². The first-order valence-electron chi connectivity index (χ1n) is 7.43. The predicted molar refractivity (Wildman–Crippen MR) is 89.3 cm³/mol. The summed E-state index contributed by atoms with van der Waals surface area (Å²) in [6.45, 7) is 8.01. The minimum atomic E-state index is -0.313. The van der Waals surface area contributed by atoms with Crippen LogP contribution in [0.25, 0.3) is 11.3 Å². The van der Waals surface area contributed by atoms with E-state index in [2.05, 4.69) is 11.7 Å². The van der Waals surface area contributed by atoms with Crippen LogP contribution >= 0.6 is 0 Å². The molecule has 2 heterocycles. The highest BCUT2D eigenvalue weighted by molar-refractivity contribution is 5.47. The zero-order valence-corrected chi connectivity index (χ0v) is 13.2. The van der Waals surface area contributed by atoms with Crippen molar-refractivity contribution in [2.24, 2.45) is 0 Å². The third-order valence-electron chi connectivity index (χ3n) is 4.03. The number of aryl methyl sites for hydroxylation is 2.